The van der Waals surface area contributed by atoms with E-state index >= 15 is 0 Å². The third kappa shape index (κ3) is 2.32. The molecular weight excluding hydrogens is 269 g/mol. The zero-order valence-electron chi connectivity index (χ0n) is 7.23. The van der Waals surface area contributed by atoms with Crippen LogP contribution in [0.4, 0.5) is 0 Å². The Morgan fingerprint density at radius 2 is 2.50 bits per heavy atom. The predicted molar refractivity (Wildman–Crippen MR) is 55.5 cm³/mol. The van der Waals surface area contributed by atoms with Gasteiger partial charge < -0.3 is 10.1 Å². The van der Waals surface area contributed by atoms with Crippen molar-refractivity contribution in [3.05, 3.63) is 0 Å². The van der Waals surface area contributed by atoms with Crippen LogP contribution < -0.4 is 5.32 Å². The summed E-state index contributed by atoms with van der Waals surface area (Å²) < 4.78 is 6.33. The van der Waals surface area contributed by atoms with E-state index in [-0.39, 0.29) is 5.91 Å². The van der Waals surface area contributed by atoms with Gasteiger partial charge in [-0.1, -0.05) is 22.6 Å². The van der Waals surface area contributed by atoms with Gasteiger partial charge >= 0.3 is 0 Å². The van der Waals surface area contributed by atoms with Crippen LogP contribution in [0.25, 0.3) is 0 Å². The fourth-order valence-electron chi connectivity index (χ4n) is 1.31. The summed E-state index contributed by atoms with van der Waals surface area (Å²) >= 11 is 2.23. The molecule has 12 heavy (non-hydrogen) atoms. The summed E-state index contributed by atoms with van der Waals surface area (Å²) in [5.41, 5.74) is -0.550. The normalized spacial score (nSPS) is 28.8. The second-order valence-electron chi connectivity index (χ2n) is 3.13. The Kier molecular flexibility index (Phi) is 3.77. The summed E-state index contributed by atoms with van der Waals surface area (Å²) in [6.07, 6.45) is 1.84. The largest absolute Gasteiger partial charge is 0.365 e. The Balaban J connectivity index is 2.39. The molecule has 0 bridgehead atoms. The number of rotatable bonds is 3. The fourth-order valence-corrected chi connectivity index (χ4v) is 1.58. The van der Waals surface area contributed by atoms with Gasteiger partial charge in [0.1, 0.15) is 5.60 Å². The Labute approximate surface area is 86.4 Å². The molecule has 0 aromatic heterocycles. The van der Waals surface area contributed by atoms with Gasteiger partial charge in [0, 0.05) is 17.6 Å². The van der Waals surface area contributed by atoms with Crippen LogP contribution in [0.15, 0.2) is 0 Å². The Hall–Kier alpha value is 0.160. The van der Waals surface area contributed by atoms with Crippen LogP contribution in [0, 0.1) is 0 Å². The van der Waals surface area contributed by atoms with Gasteiger partial charge in [-0.15, -0.1) is 0 Å². The number of ether oxygens (including phenoxy) is 1. The molecule has 0 aromatic carbocycles. The molecule has 4 heteroatoms. The van der Waals surface area contributed by atoms with Crippen molar-refractivity contribution in [2.45, 2.75) is 25.4 Å². The van der Waals surface area contributed by atoms with Crippen molar-refractivity contribution in [3.63, 3.8) is 0 Å². The van der Waals surface area contributed by atoms with E-state index in [9.17, 15) is 4.79 Å². The smallest absolute Gasteiger partial charge is 0.251 e. The van der Waals surface area contributed by atoms with Crippen molar-refractivity contribution in [2.24, 2.45) is 0 Å². The van der Waals surface area contributed by atoms with E-state index in [1.165, 1.54) is 0 Å². The molecule has 0 radical (unpaired) electrons. The molecule has 1 N–H and O–H groups in total. The van der Waals surface area contributed by atoms with Crippen LogP contribution in [0.5, 0.6) is 0 Å². The summed E-state index contributed by atoms with van der Waals surface area (Å²) in [6, 6.07) is 0. The molecule has 1 aliphatic rings. The number of halogens is 1. The first-order chi connectivity index (χ1) is 5.69. The van der Waals surface area contributed by atoms with Gasteiger partial charge in [-0.05, 0) is 19.8 Å². The van der Waals surface area contributed by atoms with Crippen LogP contribution in [0.2, 0.25) is 0 Å². The van der Waals surface area contributed by atoms with Crippen LogP contribution in [-0.2, 0) is 9.53 Å². The molecule has 0 saturated carbocycles. The number of carbonyl (C=O) groups is 1. The molecule has 1 unspecified atom stereocenters. The van der Waals surface area contributed by atoms with E-state index in [2.05, 4.69) is 27.9 Å². The van der Waals surface area contributed by atoms with Gasteiger partial charge in [-0.2, -0.15) is 0 Å². The Bertz CT molecular complexity index is 166. The topological polar surface area (TPSA) is 38.3 Å². The lowest BCUT2D eigenvalue weighted by Gasteiger charge is -2.21. The minimum atomic E-state index is -0.550. The molecule has 1 heterocycles. The summed E-state index contributed by atoms with van der Waals surface area (Å²) in [5.74, 6) is 0.0386. The van der Waals surface area contributed by atoms with Crippen LogP contribution in [0.1, 0.15) is 19.8 Å². The number of hydrogen-bond donors (Lipinski definition) is 1. The quantitative estimate of drug-likeness (QED) is 0.622. The summed E-state index contributed by atoms with van der Waals surface area (Å²) in [6.45, 7) is 3.31. The van der Waals surface area contributed by atoms with E-state index in [4.69, 9.17) is 4.74 Å². The monoisotopic (exact) mass is 283 g/mol. The second kappa shape index (κ2) is 4.41. The molecular formula is C8H14INO2. The minimum absolute atomic E-state index is 0.0386. The van der Waals surface area contributed by atoms with E-state index in [0.717, 1.165) is 23.8 Å². The third-order valence-electron chi connectivity index (χ3n) is 2.08. The maximum atomic E-state index is 11.5. The molecule has 3 nitrogen and oxygen atoms in total. The Morgan fingerprint density at radius 3 is 3.00 bits per heavy atom. The van der Waals surface area contributed by atoms with Crippen molar-refractivity contribution in [3.8, 4) is 0 Å². The van der Waals surface area contributed by atoms with E-state index in [1.807, 2.05) is 6.92 Å². The SMILES string of the molecule is CC1(C(=O)NCCI)CCCO1. The van der Waals surface area contributed by atoms with Crippen molar-refractivity contribution >= 4 is 28.5 Å². The number of nitrogens with one attached hydrogen (secondary N) is 1. The van der Waals surface area contributed by atoms with Crippen molar-refractivity contribution < 1.29 is 9.53 Å². The lowest BCUT2D eigenvalue weighted by molar-refractivity contribution is -0.139. The third-order valence-corrected chi connectivity index (χ3v) is 2.62. The van der Waals surface area contributed by atoms with E-state index < -0.39 is 5.60 Å². The minimum Gasteiger partial charge on any atom is -0.365 e. The van der Waals surface area contributed by atoms with Gasteiger partial charge in [-0.25, -0.2) is 0 Å². The zero-order valence-corrected chi connectivity index (χ0v) is 9.39. The van der Waals surface area contributed by atoms with Gasteiger partial charge in [0.05, 0.1) is 0 Å². The molecule has 1 amide bonds. The van der Waals surface area contributed by atoms with Crippen LogP contribution >= 0.6 is 22.6 Å². The highest BCUT2D eigenvalue weighted by Crippen LogP contribution is 2.24. The van der Waals surface area contributed by atoms with Crippen LogP contribution in [0.3, 0.4) is 0 Å². The standard InChI is InChI=1S/C8H14INO2/c1-8(3-2-6-12-8)7(11)10-5-4-9/h2-6H2,1H3,(H,10,11). The van der Waals surface area contributed by atoms with Crippen molar-refractivity contribution in [2.75, 3.05) is 17.6 Å². The second-order valence-corrected chi connectivity index (χ2v) is 4.21. The van der Waals surface area contributed by atoms with Gasteiger partial charge in [0.25, 0.3) is 5.91 Å². The summed E-state index contributed by atoms with van der Waals surface area (Å²) in [5, 5.41) is 2.84. The highest BCUT2D eigenvalue weighted by Gasteiger charge is 2.37. The molecule has 1 fully saturated rings. The molecule has 1 rings (SSSR count). The molecule has 1 aliphatic heterocycles. The summed E-state index contributed by atoms with van der Waals surface area (Å²) in [4.78, 5) is 11.5. The zero-order chi connectivity index (χ0) is 9.03. The Morgan fingerprint density at radius 1 is 1.75 bits per heavy atom. The lowest BCUT2D eigenvalue weighted by Crippen LogP contribution is -2.44. The van der Waals surface area contributed by atoms with Crippen LogP contribution in [-0.4, -0.2) is 29.1 Å². The number of hydrogen-bond acceptors (Lipinski definition) is 2. The first-order valence-electron chi connectivity index (χ1n) is 4.17. The van der Waals surface area contributed by atoms with Gasteiger partial charge in [0.15, 0.2) is 0 Å². The highest BCUT2D eigenvalue weighted by atomic mass is 127. The predicted octanol–water partition coefficient (Wildman–Crippen LogP) is 1.11. The maximum absolute atomic E-state index is 11.5. The first-order valence-corrected chi connectivity index (χ1v) is 5.70. The molecule has 0 aliphatic carbocycles. The molecule has 0 aromatic rings. The molecule has 1 atom stereocenters. The average molecular weight is 283 g/mol. The maximum Gasteiger partial charge on any atom is 0.251 e. The van der Waals surface area contributed by atoms with Gasteiger partial charge in [-0.3, -0.25) is 4.79 Å². The average Bonchev–Trinajstić information content (AvgIpc) is 2.49. The van der Waals surface area contributed by atoms with E-state index in [0.29, 0.717) is 6.61 Å². The van der Waals surface area contributed by atoms with Gasteiger partial charge in [0.2, 0.25) is 0 Å². The number of alkyl halides is 1. The lowest BCUT2D eigenvalue weighted by atomic mass is 10.0. The molecule has 1 saturated heterocycles. The fraction of sp³-hybridized carbons (Fsp3) is 0.875. The first kappa shape index (κ1) is 10.2. The van der Waals surface area contributed by atoms with Crippen molar-refractivity contribution in [1.82, 2.24) is 5.32 Å². The molecule has 0 spiro atoms. The van der Waals surface area contributed by atoms with E-state index in [1.54, 1.807) is 0 Å². The molecule has 70 valence electrons. The number of carbonyl (C=O) groups excluding carboxylic acids is 1. The highest BCUT2D eigenvalue weighted by molar-refractivity contribution is 14.1. The number of amides is 1. The van der Waals surface area contributed by atoms with Crippen molar-refractivity contribution in [1.29, 1.82) is 0 Å². The summed E-state index contributed by atoms with van der Waals surface area (Å²) in [7, 11) is 0.